The number of nitrogens with two attached hydrogens (primary N) is 1. The minimum Gasteiger partial charge on any atom is -0.493 e. The number of aliphatic imine (C=N–C) groups is 1. The molecular weight excluding hydrogens is 496 g/mol. The summed E-state index contributed by atoms with van der Waals surface area (Å²) >= 11 is 0. The second-order valence-electron chi connectivity index (χ2n) is 9.83. The number of hydrogen-bond donors (Lipinski definition) is 1. The number of anilines is 2. The standard InChI is InChI=1S/C29H34N6O4/c1-18-8-9-22-21(12-18)25(28(36)35(22)17-34-10-6-5-7-11-34)32-29-31-16-20(27(30)33-29)13-19-14-23(37-2)26(39-4)24(15-19)38-3/h8-9,12,14-16H,5-7,10-11,13,17H2,1-4H3,(H2,30,31,33)/b32-25+. The second kappa shape index (κ2) is 11.3. The molecule has 0 radical (unpaired) electrons. The molecule has 39 heavy (non-hydrogen) atoms. The van der Waals surface area contributed by atoms with Crippen LogP contribution >= 0.6 is 0 Å². The Morgan fingerprint density at radius 3 is 2.36 bits per heavy atom. The zero-order valence-electron chi connectivity index (χ0n) is 22.9. The number of benzene rings is 2. The molecule has 10 nitrogen and oxygen atoms in total. The van der Waals surface area contributed by atoms with Gasteiger partial charge in [-0.3, -0.25) is 14.6 Å². The number of amides is 1. The molecule has 0 saturated carbocycles. The van der Waals surface area contributed by atoms with E-state index >= 15 is 0 Å². The van der Waals surface area contributed by atoms with Gasteiger partial charge in [-0.15, -0.1) is 0 Å². The van der Waals surface area contributed by atoms with E-state index in [1.807, 2.05) is 37.3 Å². The highest BCUT2D eigenvalue weighted by Gasteiger charge is 2.35. The lowest BCUT2D eigenvalue weighted by Crippen LogP contribution is -2.43. The first-order valence-electron chi connectivity index (χ1n) is 13.1. The Hall–Kier alpha value is -4.18. The van der Waals surface area contributed by atoms with Gasteiger partial charge < -0.3 is 19.9 Å². The van der Waals surface area contributed by atoms with Gasteiger partial charge in [0, 0.05) is 23.7 Å². The van der Waals surface area contributed by atoms with Gasteiger partial charge in [0.05, 0.1) is 33.7 Å². The first kappa shape index (κ1) is 26.4. The van der Waals surface area contributed by atoms with Gasteiger partial charge in [-0.05, 0) is 62.7 Å². The largest absolute Gasteiger partial charge is 0.493 e. The number of ether oxygens (including phenoxy) is 3. The summed E-state index contributed by atoms with van der Waals surface area (Å²) in [5.41, 5.74) is 11.0. The van der Waals surface area contributed by atoms with Crippen molar-refractivity contribution in [2.24, 2.45) is 4.99 Å². The lowest BCUT2D eigenvalue weighted by molar-refractivity contribution is -0.112. The Labute approximate surface area is 228 Å². The van der Waals surface area contributed by atoms with E-state index in [1.54, 1.807) is 32.4 Å². The lowest BCUT2D eigenvalue weighted by atomic mass is 10.1. The average Bonchev–Trinajstić information content (AvgIpc) is 3.19. The van der Waals surface area contributed by atoms with E-state index in [9.17, 15) is 4.79 Å². The SMILES string of the molecule is COc1cc(Cc2cnc(/N=C3/C(=O)N(CN4CCCCC4)c4ccc(C)cc43)nc2N)cc(OC)c1OC. The Kier molecular flexibility index (Phi) is 7.65. The van der Waals surface area contributed by atoms with Crippen molar-refractivity contribution in [1.82, 2.24) is 14.9 Å². The summed E-state index contributed by atoms with van der Waals surface area (Å²) in [7, 11) is 4.71. The number of hydrogen-bond acceptors (Lipinski definition) is 9. The quantitative estimate of drug-likeness (QED) is 0.466. The third-order valence-electron chi connectivity index (χ3n) is 7.15. The highest BCUT2D eigenvalue weighted by Crippen LogP contribution is 2.39. The van der Waals surface area contributed by atoms with Gasteiger partial charge in [0.25, 0.3) is 11.9 Å². The Balaban J connectivity index is 1.42. The van der Waals surface area contributed by atoms with Crippen LogP contribution in [0.15, 0.2) is 41.5 Å². The summed E-state index contributed by atoms with van der Waals surface area (Å²) in [6.07, 6.45) is 5.64. The molecule has 3 aromatic rings. The molecule has 1 saturated heterocycles. The smallest absolute Gasteiger partial charge is 0.278 e. The van der Waals surface area contributed by atoms with Crippen LogP contribution in [0, 0.1) is 6.92 Å². The van der Waals surface area contributed by atoms with Gasteiger partial charge >= 0.3 is 0 Å². The van der Waals surface area contributed by atoms with E-state index in [4.69, 9.17) is 19.9 Å². The molecule has 0 spiro atoms. The summed E-state index contributed by atoms with van der Waals surface area (Å²) in [6.45, 7) is 4.53. The lowest BCUT2D eigenvalue weighted by Gasteiger charge is -2.30. The number of carbonyl (C=O) groups excluding carboxylic acids is 1. The van der Waals surface area contributed by atoms with Crippen LogP contribution in [0.3, 0.4) is 0 Å². The van der Waals surface area contributed by atoms with E-state index in [-0.39, 0.29) is 17.7 Å². The van der Waals surface area contributed by atoms with Gasteiger partial charge in [-0.2, -0.15) is 4.98 Å². The molecule has 0 aliphatic carbocycles. The summed E-state index contributed by atoms with van der Waals surface area (Å²) in [6, 6.07) is 9.73. The number of likely N-dealkylation sites (tertiary alicyclic amines) is 1. The normalized spacial score (nSPS) is 16.5. The van der Waals surface area contributed by atoms with E-state index in [0.29, 0.717) is 41.6 Å². The van der Waals surface area contributed by atoms with Crippen molar-refractivity contribution in [1.29, 1.82) is 0 Å². The van der Waals surface area contributed by atoms with Gasteiger partial charge in [0.15, 0.2) is 11.5 Å². The van der Waals surface area contributed by atoms with E-state index < -0.39 is 0 Å². The van der Waals surface area contributed by atoms with Gasteiger partial charge in [0.2, 0.25) is 5.75 Å². The zero-order chi connectivity index (χ0) is 27.5. The van der Waals surface area contributed by atoms with Gasteiger partial charge in [-0.25, -0.2) is 9.98 Å². The molecule has 0 atom stereocenters. The topological polar surface area (TPSA) is 115 Å². The van der Waals surface area contributed by atoms with E-state index in [2.05, 4.69) is 19.9 Å². The molecular formula is C29H34N6O4. The van der Waals surface area contributed by atoms with Crippen molar-refractivity contribution >= 4 is 29.1 Å². The molecule has 204 valence electrons. The van der Waals surface area contributed by atoms with Crippen LogP contribution in [0.1, 0.15) is 41.5 Å². The number of methoxy groups -OCH3 is 3. The highest BCUT2D eigenvalue weighted by molar-refractivity contribution is 6.54. The van der Waals surface area contributed by atoms with Crippen LogP contribution in [-0.2, 0) is 11.2 Å². The second-order valence-corrected chi connectivity index (χ2v) is 9.83. The summed E-state index contributed by atoms with van der Waals surface area (Å²) in [4.78, 5) is 31.2. The van der Waals surface area contributed by atoms with Gasteiger partial charge in [-0.1, -0.05) is 18.1 Å². The third-order valence-corrected chi connectivity index (χ3v) is 7.15. The van der Waals surface area contributed by atoms with Crippen LogP contribution in [0.25, 0.3) is 0 Å². The molecule has 1 fully saturated rings. The van der Waals surface area contributed by atoms with Crippen LogP contribution in [0.5, 0.6) is 17.2 Å². The van der Waals surface area contributed by atoms with E-state index in [0.717, 1.165) is 48.3 Å². The number of piperidine rings is 1. The summed E-state index contributed by atoms with van der Waals surface area (Å²) in [5.74, 6) is 1.92. The molecule has 5 rings (SSSR count). The maximum Gasteiger partial charge on any atom is 0.278 e. The molecule has 0 unspecified atom stereocenters. The predicted molar refractivity (Wildman–Crippen MR) is 151 cm³/mol. The van der Waals surface area contributed by atoms with Crippen molar-refractivity contribution < 1.29 is 19.0 Å². The van der Waals surface area contributed by atoms with Crippen molar-refractivity contribution in [3.63, 3.8) is 0 Å². The maximum atomic E-state index is 13.6. The molecule has 2 aromatic carbocycles. The fourth-order valence-corrected chi connectivity index (χ4v) is 5.13. The average molecular weight is 531 g/mol. The number of aryl methyl sites for hydroxylation is 1. The minimum absolute atomic E-state index is 0.148. The van der Waals surface area contributed by atoms with Crippen LogP contribution in [0.2, 0.25) is 0 Å². The van der Waals surface area contributed by atoms with Crippen molar-refractivity contribution in [3.05, 3.63) is 58.8 Å². The zero-order valence-corrected chi connectivity index (χ0v) is 22.9. The molecule has 1 amide bonds. The summed E-state index contributed by atoms with van der Waals surface area (Å²) < 4.78 is 16.3. The number of nitrogens with zero attached hydrogens (tertiary/aromatic N) is 5. The Bertz CT molecular complexity index is 1390. The molecule has 1 aromatic heterocycles. The summed E-state index contributed by atoms with van der Waals surface area (Å²) in [5, 5.41) is 0. The number of carbonyl (C=O) groups is 1. The number of nitrogen functional groups attached to an aromatic ring is 1. The predicted octanol–water partition coefficient (Wildman–Crippen LogP) is 3.89. The molecule has 10 heteroatoms. The maximum absolute atomic E-state index is 13.6. The minimum atomic E-state index is -0.148. The van der Waals surface area contributed by atoms with E-state index in [1.165, 1.54) is 6.42 Å². The highest BCUT2D eigenvalue weighted by atomic mass is 16.5. The number of rotatable bonds is 8. The fourth-order valence-electron chi connectivity index (χ4n) is 5.13. The van der Waals surface area contributed by atoms with Gasteiger partial charge in [0.1, 0.15) is 11.5 Å². The molecule has 2 N–H and O–H groups in total. The number of aromatic nitrogens is 2. The Morgan fingerprint density at radius 1 is 1.00 bits per heavy atom. The van der Waals surface area contributed by atoms with Crippen LogP contribution in [-0.4, -0.2) is 67.6 Å². The van der Waals surface area contributed by atoms with Crippen molar-refractivity contribution in [2.75, 3.05) is 51.7 Å². The molecule has 2 aliphatic heterocycles. The molecule has 3 heterocycles. The first-order chi connectivity index (χ1) is 18.9. The molecule has 0 bridgehead atoms. The van der Waals surface area contributed by atoms with Crippen LogP contribution in [0.4, 0.5) is 17.5 Å². The fraction of sp³-hybridized carbons (Fsp3) is 0.379. The Morgan fingerprint density at radius 2 is 1.72 bits per heavy atom. The monoisotopic (exact) mass is 530 g/mol. The molecule has 2 aliphatic rings. The van der Waals surface area contributed by atoms with Crippen molar-refractivity contribution in [3.8, 4) is 17.2 Å². The third kappa shape index (κ3) is 5.37. The van der Waals surface area contributed by atoms with Crippen molar-refractivity contribution in [2.45, 2.75) is 32.6 Å². The first-order valence-corrected chi connectivity index (χ1v) is 13.1. The van der Waals surface area contributed by atoms with Crippen LogP contribution < -0.4 is 24.8 Å². The number of fused-ring (bicyclic) bond motifs is 1.